The van der Waals surface area contributed by atoms with Crippen LogP contribution in [0.3, 0.4) is 0 Å². The van der Waals surface area contributed by atoms with Gasteiger partial charge in [0.1, 0.15) is 11.5 Å². The first-order valence-electron chi connectivity index (χ1n) is 11.5. The molecule has 2 saturated heterocycles. The zero-order chi connectivity index (χ0) is 23.0. The predicted octanol–water partition coefficient (Wildman–Crippen LogP) is 1.56. The zero-order valence-corrected chi connectivity index (χ0v) is 19.0. The maximum absolute atomic E-state index is 12.4. The highest BCUT2D eigenvalue weighted by atomic mass is 16.5. The topological polar surface area (TPSA) is 96.3 Å². The van der Waals surface area contributed by atoms with Crippen molar-refractivity contribution in [1.29, 1.82) is 0 Å². The number of methoxy groups -OCH3 is 1. The molecule has 0 spiro atoms. The van der Waals surface area contributed by atoms with E-state index in [4.69, 9.17) is 13.9 Å². The van der Waals surface area contributed by atoms with E-state index in [-0.39, 0.29) is 12.1 Å². The Morgan fingerprint density at radius 2 is 1.85 bits per heavy atom. The highest BCUT2D eigenvalue weighted by molar-refractivity contribution is 6.35. The van der Waals surface area contributed by atoms with Gasteiger partial charge in [0.15, 0.2) is 0 Å². The third-order valence-electron chi connectivity index (χ3n) is 6.24. The van der Waals surface area contributed by atoms with Crippen LogP contribution in [0, 0.1) is 0 Å². The van der Waals surface area contributed by atoms with Crippen molar-refractivity contribution < 1.29 is 23.5 Å². The van der Waals surface area contributed by atoms with Crippen LogP contribution in [0.5, 0.6) is 5.75 Å². The number of amides is 2. The molecule has 0 radical (unpaired) electrons. The number of nitrogens with one attached hydrogen (secondary N) is 2. The van der Waals surface area contributed by atoms with E-state index in [1.807, 2.05) is 24.3 Å². The van der Waals surface area contributed by atoms with Gasteiger partial charge in [0.05, 0.1) is 25.5 Å². The molecule has 2 amide bonds. The lowest BCUT2D eigenvalue weighted by Crippen LogP contribution is -2.51. The van der Waals surface area contributed by atoms with Crippen LogP contribution in [0.1, 0.15) is 24.6 Å². The Labute approximate surface area is 194 Å². The first-order valence-corrected chi connectivity index (χ1v) is 11.5. The van der Waals surface area contributed by atoms with Gasteiger partial charge in [-0.1, -0.05) is 0 Å². The average molecular weight is 457 g/mol. The highest BCUT2D eigenvalue weighted by Gasteiger charge is 2.28. The fourth-order valence-electron chi connectivity index (χ4n) is 4.34. The minimum atomic E-state index is -0.638. The summed E-state index contributed by atoms with van der Waals surface area (Å²) in [6.45, 7) is 4.67. The maximum atomic E-state index is 12.4. The smallest absolute Gasteiger partial charge is 0.309 e. The van der Waals surface area contributed by atoms with Crippen molar-refractivity contribution in [3.05, 3.63) is 48.4 Å². The Balaban J connectivity index is 1.30. The van der Waals surface area contributed by atoms with Crippen LogP contribution in [0.2, 0.25) is 0 Å². The molecule has 0 saturated carbocycles. The molecule has 0 aliphatic carbocycles. The van der Waals surface area contributed by atoms with Gasteiger partial charge in [0, 0.05) is 51.6 Å². The molecule has 2 fully saturated rings. The fraction of sp³-hybridized carbons (Fsp3) is 0.500. The Morgan fingerprint density at radius 1 is 1.09 bits per heavy atom. The number of benzene rings is 1. The summed E-state index contributed by atoms with van der Waals surface area (Å²) in [7, 11) is 1.66. The van der Waals surface area contributed by atoms with E-state index in [0.717, 1.165) is 56.2 Å². The van der Waals surface area contributed by atoms with Gasteiger partial charge in [-0.25, -0.2) is 0 Å². The number of ether oxygens (including phenoxy) is 2. The fourth-order valence-corrected chi connectivity index (χ4v) is 4.34. The number of hydrogen-bond acceptors (Lipinski definition) is 7. The van der Waals surface area contributed by atoms with Gasteiger partial charge in [-0.15, -0.1) is 0 Å². The quantitative estimate of drug-likeness (QED) is 0.582. The van der Waals surface area contributed by atoms with Gasteiger partial charge in [0.25, 0.3) is 0 Å². The number of carbonyl (C=O) groups excluding carboxylic acids is 2. The molecule has 9 heteroatoms. The van der Waals surface area contributed by atoms with Crippen molar-refractivity contribution in [2.24, 2.45) is 0 Å². The van der Waals surface area contributed by atoms with Crippen LogP contribution in [-0.4, -0.2) is 75.8 Å². The first kappa shape index (κ1) is 23.1. The second-order valence-electron chi connectivity index (χ2n) is 8.31. The molecule has 9 nitrogen and oxygen atoms in total. The van der Waals surface area contributed by atoms with Gasteiger partial charge in [-0.2, -0.15) is 0 Å². The van der Waals surface area contributed by atoms with Gasteiger partial charge >= 0.3 is 11.8 Å². The molecule has 3 heterocycles. The van der Waals surface area contributed by atoms with Crippen LogP contribution in [0.25, 0.3) is 0 Å². The monoisotopic (exact) mass is 456 g/mol. The van der Waals surface area contributed by atoms with E-state index in [9.17, 15) is 9.59 Å². The normalized spacial score (nSPS) is 19.8. The summed E-state index contributed by atoms with van der Waals surface area (Å²) in [5.74, 6) is 0.341. The molecule has 2 atom stereocenters. The summed E-state index contributed by atoms with van der Waals surface area (Å²) in [5.41, 5.74) is 1.15. The minimum absolute atomic E-state index is 0.000357. The third kappa shape index (κ3) is 6.06. The Kier molecular flexibility index (Phi) is 7.85. The van der Waals surface area contributed by atoms with Crippen LogP contribution >= 0.6 is 0 Å². The van der Waals surface area contributed by atoms with Crippen molar-refractivity contribution in [3.8, 4) is 5.75 Å². The SMILES string of the molecule is COc1ccc(N2CCN([C@H](CNC(=O)C(=O)NC[C@@H]3CCCO3)c3ccco3)CC2)cc1. The van der Waals surface area contributed by atoms with Crippen molar-refractivity contribution in [1.82, 2.24) is 15.5 Å². The van der Waals surface area contributed by atoms with Crippen LogP contribution in [0.4, 0.5) is 5.69 Å². The zero-order valence-electron chi connectivity index (χ0n) is 19.0. The van der Waals surface area contributed by atoms with Crippen molar-refractivity contribution in [2.75, 3.05) is 57.9 Å². The molecular weight excluding hydrogens is 424 g/mol. The second kappa shape index (κ2) is 11.2. The van der Waals surface area contributed by atoms with E-state index in [0.29, 0.717) is 19.7 Å². The number of furan rings is 1. The minimum Gasteiger partial charge on any atom is -0.497 e. The number of rotatable bonds is 8. The van der Waals surface area contributed by atoms with E-state index in [1.54, 1.807) is 13.4 Å². The molecule has 0 unspecified atom stereocenters. The molecular formula is C24H32N4O5. The van der Waals surface area contributed by atoms with Crippen molar-refractivity contribution in [3.63, 3.8) is 0 Å². The lowest BCUT2D eigenvalue weighted by atomic mass is 10.1. The van der Waals surface area contributed by atoms with E-state index >= 15 is 0 Å². The van der Waals surface area contributed by atoms with E-state index < -0.39 is 11.8 Å². The summed E-state index contributed by atoms with van der Waals surface area (Å²) in [6, 6.07) is 11.7. The largest absolute Gasteiger partial charge is 0.497 e. The second-order valence-corrected chi connectivity index (χ2v) is 8.31. The molecule has 178 valence electrons. The number of hydrogen-bond donors (Lipinski definition) is 2. The van der Waals surface area contributed by atoms with E-state index in [2.05, 4.69) is 32.6 Å². The Hall–Kier alpha value is -3.04. The number of anilines is 1. The van der Waals surface area contributed by atoms with Gasteiger partial charge in [-0.05, 0) is 49.2 Å². The van der Waals surface area contributed by atoms with Crippen molar-refractivity contribution >= 4 is 17.5 Å². The lowest BCUT2D eigenvalue weighted by molar-refractivity contribution is -0.139. The van der Waals surface area contributed by atoms with E-state index in [1.165, 1.54) is 0 Å². The Bertz CT molecular complexity index is 888. The van der Waals surface area contributed by atoms with Gasteiger partial charge < -0.3 is 29.4 Å². The molecule has 1 aromatic heterocycles. The number of piperazine rings is 1. The predicted molar refractivity (Wildman–Crippen MR) is 123 cm³/mol. The average Bonchev–Trinajstić information content (AvgIpc) is 3.58. The molecule has 1 aromatic carbocycles. The molecule has 2 aromatic rings. The standard InChI is InChI=1S/C24H32N4O5/c1-31-19-8-6-18(7-9-19)27-10-12-28(13-11-27)21(22-5-3-15-33-22)17-26-24(30)23(29)25-16-20-4-2-14-32-20/h3,5-9,15,20-21H,2,4,10-14,16-17H2,1H3,(H,25,29)(H,26,30)/t20-,21+/m0/s1. The Morgan fingerprint density at radius 3 is 2.48 bits per heavy atom. The molecule has 2 aliphatic heterocycles. The molecule has 33 heavy (non-hydrogen) atoms. The molecule has 2 aliphatic rings. The summed E-state index contributed by atoms with van der Waals surface area (Å²) in [6.07, 6.45) is 3.53. The summed E-state index contributed by atoms with van der Waals surface area (Å²) in [5, 5.41) is 5.44. The first-order chi connectivity index (χ1) is 16.1. The highest BCUT2D eigenvalue weighted by Crippen LogP contribution is 2.25. The van der Waals surface area contributed by atoms with Crippen LogP contribution < -0.4 is 20.3 Å². The summed E-state index contributed by atoms with van der Waals surface area (Å²) >= 11 is 0. The summed E-state index contributed by atoms with van der Waals surface area (Å²) in [4.78, 5) is 29.2. The number of nitrogens with zero attached hydrogens (tertiary/aromatic N) is 2. The lowest BCUT2D eigenvalue weighted by Gasteiger charge is -2.39. The van der Waals surface area contributed by atoms with Gasteiger partial charge in [0.2, 0.25) is 0 Å². The van der Waals surface area contributed by atoms with Gasteiger partial charge in [-0.3, -0.25) is 14.5 Å². The molecule has 4 rings (SSSR count). The maximum Gasteiger partial charge on any atom is 0.309 e. The van der Waals surface area contributed by atoms with Crippen LogP contribution in [0.15, 0.2) is 47.1 Å². The number of carbonyl (C=O) groups is 2. The molecule has 0 bridgehead atoms. The summed E-state index contributed by atoms with van der Waals surface area (Å²) < 4.78 is 16.4. The third-order valence-corrected chi connectivity index (χ3v) is 6.24. The molecule has 2 N–H and O–H groups in total. The van der Waals surface area contributed by atoms with Crippen molar-refractivity contribution in [2.45, 2.75) is 25.0 Å². The van der Waals surface area contributed by atoms with Crippen LogP contribution in [-0.2, 0) is 14.3 Å².